The van der Waals surface area contributed by atoms with Crippen LogP contribution in [0.25, 0.3) is 0 Å². The molecule has 1 aromatic heterocycles. The molecule has 0 aliphatic heterocycles. The maximum absolute atomic E-state index is 13.8. The molecule has 2 atom stereocenters. The van der Waals surface area contributed by atoms with Gasteiger partial charge in [0.25, 0.3) is 0 Å². The van der Waals surface area contributed by atoms with Crippen LogP contribution in [0.5, 0.6) is 17.2 Å². The molecule has 0 bridgehead atoms. The van der Waals surface area contributed by atoms with Gasteiger partial charge in [0.05, 0.1) is 20.3 Å². The molecule has 168 valence electrons. The van der Waals surface area contributed by atoms with Gasteiger partial charge in [0, 0.05) is 26.0 Å². The summed E-state index contributed by atoms with van der Waals surface area (Å²) in [4.78, 5) is 4.37. The van der Waals surface area contributed by atoms with Crippen molar-refractivity contribution in [1.82, 2.24) is 14.9 Å². The number of methoxy groups -OCH3 is 2. The van der Waals surface area contributed by atoms with Crippen LogP contribution in [0.2, 0.25) is 0 Å². The minimum absolute atomic E-state index is 0. The maximum atomic E-state index is 13.8. The Balaban J connectivity index is 0.00000341. The van der Waals surface area contributed by atoms with E-state index in [1.165, 1.54) is 26.4 Å². The number of hydrogen-bond donors (Lipinski definition) is 2. The zero-order chi connectivity index (χ0) is 21.5. The van der Waals surface area contributed by atoms with Crippen LogP contribution in [0.3, 0.4) is 0 Å². The normalized spacial score (nSPS) is 12.5. The van der Waals surface area contributed by atoms with E-state index in [9.17, 15) is 9.50 Å². The van der Waals surface area contributed by atoms with E-state index in [-0.39, 0.29) is 31.4 Å². The van der Waals surface area contributed by atoms with E-state index in [1.54, 1.807) is 30.5 Å². The van der Waals surface area contributed by atoms with Gasteiger partial charge < -0.3 is 29.2 Å². The van der Waals surface area contributed by atoms with Crippen molar-refractivity contribution in [3.05, 3.63) is 72.1 Å². The first-order valence-corrected chi connectivity index (χ1v) is 9.51. The molecule has 0 saturated carbocycles. The van der Waals surface area contributed by atoms with Crippen molar-refractivity contribution in [2.24, 2.45) is 7.05 Å². The first-order chi connectivity index (χ1) is 14.5. The van der Waals surface area contributed by atoms with Crippen molar-refractivity contribution >= 4 is 12.4 Å². The lowest BCUT2D eigenvalue weighted by Gasteiger charge is -2.22. The second-order valence-electron chi connectivity index (χ2n) is 6.75. The van der Waals surface area contributed by atoms with Crippen molar-refractivity contribution in [3.63, 3.8) is 0 Å². The van der Waals surface area contributed by atoms with Gasteiger partial charge >= 0.3 is 0 Å². The average molecular weight is 452 g/mol. The molecule has 31 heavy (non-hydrogen) atoms. The van der Waals surface area contributed by atoms with Crippen LogP contribution in [-0.2, 0) is 7.05 Å². The zero-order valence-corrected chi connectivity index (χ0v) is 18.4. The Morgan fingerprint density at radius 2 is 1.81 bits per heavy atom. The lowest BCUT2D eigenvalue weighted by molar-refractivity contribution is 0.101. The molecule has 0 aliphatic rings. The minimum atomic E-state index is -0.837. The Hall–Kier alpha value is -2.81. The highest BCUT2D eigenvalue weighted by Crippen LogP contribution is 2.36. The third kappa shape index (κ3) is 6.10. The van der Waals surface area contributed by atoms with Gasteiger partial charge in [-0.25, -0.2) is 9.37 Å². The SMILES string of the molecule is COc1cccc(OC)c1OCC(O)CNC(c1cccc(F)c1)c1nccn1C.Cl. The van der Waals surface area contributed by atoms with E-state index in [0.29, 0.717) is 28.6 Å². The van der Waals surface area contributed by atoms with E-state index in [1.807, 2.05) is 23.9 Å². The summed E-state index contributed by atoms with van der Waals surface area (Å²) in [5.74, 6) is 1.83. The van der Waals surface area contributed by atoms with Crippen molar-refractivity contribution in [1.29, 1.82) is 0 Å². The molecular weight excluding hydrogens is 425 g/mol. The van der Waals surface area contributed by atoms with Crippen LogP contribution in [0.4, 0.5) is 4.39 Å². The first-order valence-electron chi connectivity index (χ1n) is 9.51. The molecule has 3 aromatic rings. The fourth-order valence-electron chi connectivity index (χ4n) is 3.15. The van der Waals surface area contributed by atoms with Crippen LogP contribution in [0.1, 0.15) is 17.4 Å². The summed E-state index contributed by atoms with van der Waals surface area (Å²) in [5.41, 5.74) is 0.712. The topological polar surface area (TPSA) is 77.8 Å². The molecule has 0 fully saturated rings. The first kappa shape index (κ1) is 24.5. The van der Waals surface area contributed by atoms with Crippen LogP contribution >= 0.6 is 12.4 Å². The van der Waals surface area contributed by atoms with Crippen molar-refractivity contribution in [2.45, 2.75) is 12.1 Å². The van der Waals surface area contributed by atoms with Gasteiger partial charge in [-0.1, -0.05) is 18.2 Å². The number of aryl methyl sites for hydroxylation is 1. The van der Waals surface area contributed by atoms with Crippen molar-refractivity contribution < 1.29 is 23.7 Å². The molecule has 1 heterocycles. The summed E-state index contributed by atoms with van der Waals surface area (Å²) < 4.78 is 32.0. The highest BCUT2D eigenvalue weighted by atomic mass is 35.5. The largest absolute Gasteiger partial charge is 0.493 e. The number of nitrogens with one attached hydrogen (secondary N) is 1. The van der Waals surface area contributed by atoms with E-state index in [4.69, 9.17) is 14.2 Å². The molecule has 2 N–H and O–H groups in total. The van der Waals surface area contributed by atoms with Crippen LogP contribution in [-0.4, -0.2) is 48.1 Å². The molecule has 0 aliphatic carbocycles. The smallest absolute Gasteiger partial charge is 0.203 e. The Morgan fingerprint density at radius 3 is 2.39 bits per heavy atom. The monoisotopic (exact) mass is 451 g/mol. The molecule has 0 radical (unpaired) electrons. The lowest BCUT2D eigenvalue weighted by atomic mass is 10.1. The number of rotatable bonds is 10. The number of aliphatic hydroxyl groups excluding tert-OH is 1. The second kappa shape index (κ2) is 11.5. The van der Waals surface area contributed by atoms with Crippen LogP contribution < -0.4 is 19.5 Å². The highest BCUT2D eigenvalue weighted by Gasteiger charge is 2.20. The van der Waals surface area contributed by atoms with Crippen molar-refractivity contribution in [3.8, 4) is 17.2 Å². The number of hydrogen-bond acceptors (Lipinski definition) is 6. The summed E-state index contributed by atoms with van der Waals surface area (Å²) in [6.45, 7) is 0.214. The number of imidazole rings is 1. The Bertz CT molecular complexity index is 947. The predicted molar refractivity (Wildman–Crippen MR) is 118 cm³/mol. The van der Waals surface area contributed by atoms with E-state index in [2.05, 4.69) is 10.3 Å². The summed E-state index contributed by atoms with van der Waals surface area (Å²) in [6, 6.07) is 11.2. The second-order valence-corrected chi connectivity index (χ2v) is 6.75. The van der Waals surface area contributed by atoms with Gasteiger partial charge in [-0.2, -0.15) is 0 Å². The van der Waals surface area contributed by atoms with Gasteiger partial charge in [-0.3, -0.25) is 0 Å². The van der Waals surface area contributed by atoms with Gasteiger partial charge in [0.2, 0.25) is 5.75 Å². The third-order valence-electron chi connectivity index (χ3n) is 4.66. The van der Waals surface area contributed by atoms with E-state index >= 15 is 0 Å². The fourth-order valence-corrected chi connectivity index (χ4v) is 3.15. The summed E-state index contributed by atoms with van der Waals surface area (Å²) in [6.07, 6.45) is 2.66. The number of para-hydroxylation sites is 1. The standard InChI is InChI=1S/C22H26FN3O4.ClH/c1-26-11-10-24-22(26)20(15-6-4-7-16(23)12-15)25-13-17(27)14-30-21-18(28-2)8-5-9-19(21)29-3;/h4-12,17,20,25,27H,13-14H2,1-3H3;1H. The quantitative estimate of drug-likeness (QED) is 0.493. The predicted octanol–water partition coefficient (Wildman–Crippen LogP) is 3.12. The van der Waals surface area contributed by atoms with Gasteiger partial charge in [-0.15, -0.1) is 12.4 Å². The number of halogens is 2. The maximum Gasteiger partial charge on any atom is 0.203 e. The molecule has 3 rings (SSSR count). The molecule has 2 aromatic carbocycles. The molecule has 0 spiro atoms. The molecule has 0 amide bonds. The van der Waals surface area contributed by atoms with Crippen LogP contribution in [0, 0.1) is 5.82 Å². The number of ether oxygens (including phenoxy) is 3. The van der Waals surface area contributed by atoms with E-state index in [0.717, 1.165) is 0 Å². The number of aliphatic hydroxyl groups is 1. The summed E-state index contributed by atoms with van der Waals surface area (Å²) >= 11 is 0. The average Bonchev–Trinajstić information content (AvgIpc) is 3.17. The Kier molecular flexibility index (Phi) is 9.11. The molecule has 9 heteroatoms. The molecular formula is C22H27ClFN3O4. The molecule has 0 saturated heterocycles. The number of nitrogens with zero attached hydrogens (tertiary/aromatic N) is 2. The highest BCUT2D eigenvalue weighted by molar-refractivity contribution is 5.85. The van der Waals surface area contributed by atoms with Gasteiger partial charge in [0.1, 0.15) is 24.4 Å². The van der Waals surface area contributed by atoms with Crippen molar-refractivity contribution in [2.75, 3.05) is 27.4 Å². The lowest BCUT2D eigenvalue weighted by Crippen LogP contribution is -2.35. The zero-order valence-electron chi connectivity index (χ0n) is 17.6. The van der Waals surface area contributed by atoms with Gasteiger partial charge in [-0.05, 0) is 29.8 Å². The number of benzene rings is 2. The summed E-state index contributed by atoms with van der Waals surface area (Å²) in [7, 11) is 4.94. The van der Waals surface area contributed by atoms with E-state index < -0.39 is 12.1 Å². The Morgan fingerprint density at radius 1 is 1.13 bits per heavy atom. The number of aromatic nitrogens is 2. The van der Waals surface area contributed by atoms with Crippen LogP contribution in [0.15, 0.2) is 54.9 Å². The Labute approximate surface area is 187 Å². The minimum Gasteiger partial charge on any atom is -0.493 e. The molecule has 7 nitrogen and oxygen atoms in total. The fraction of sp³-hybridized carbons (Fsp3) is 0.318. The summed E-state index contributed by atoms with van der Waals surface area (Å²) in [5, 5.41) is 13.7. The third-order valence-corrected chi connectivity index (χ3v) is 4.66. The van der Waals surface area contributed by atoms with Gasteiger partial charge in [0.15, 0.2) is 11.5 Å². The molecule has 2 unspecified atom stereocenters.